The predicted molar refractivity (Wildman–Crippen MR) is 32.2 cm³/mol. The van der Waals surface area contributed by atoms with Crippen LogP contribution in [0.25, 0.3) is 0 Å². The standard InChI is InChI=1S/C5H5BF3O/c1-4-2-3-10-5(4)6(7,8)9/h2-3H,1H3/q-1. The summed E-state index contributed by atoms with van der Waals surface area (Å²) >= 11 is 0. The first-order valence-electron chi connectivity index (χ1n) is 2.76. The lowest BCUT2D eigenvalue weighted by atomic mass is 9.85. The summed E-state index contributed by atoms with van der Waals surface area (Å²) in [5, 5.41) is 0. The molecule has 0 fully saturated rings. The number of aryl methyl sites for hydroxylation is 1. The van der Waals surface area contributed by atoms with Gasteiger partial charge in [0.15, 0.2) is 0 Å². The van der Waals surface area contributed by atoms with Gasteiger partial charge < -0.3 is 17.4 Å². The van der Waals surface area contributed by atoms with Crippen LogP contribution in [-0.4, -0.2) is 6.98 Å². The predicted octanol–water partition coefficient (Wildman–Crippen LogP) is 1.64. The maximum Gasteiger partial charge on any atom is 0.544 e. The van der Waals surface area contributed by atoms with E-state index in [9.17, 15) is 12.9 Å². The second-order valence-electron chi connectivity index (χ2n) is 2.04. The summed E-state index contributed by atoms with van der Waals surface area (Å²) in [6.07, 6.45) is 1.04. The Labute approximate surface area is 55.9 Å². The molecule has 0 N–H and O–H groups in total. The molecule has 1 heterocycles. The lowest BCUT2D eigenvalue weighted by Gasteiger charge is -2.10. The third-order valence-corrected chi connectivity index (χ3v) is 1.20. The van der Waals surface area contributed by atoms with Crippen molar-refractivity contribution in [3.8, 4) is 0 Å². The summed E-state index contributed by atoms with van der Waals surface area (Å²) in [7, 11) is 0. The Hall–Kier alpha value is -0.865. The molecule has 10 heavy (non-hydrogen) atoms. The van der Waals surface area contributed by atoms with Gasteiger partial charge in [-0.25, -0.2) is 0 Å². The maximum atomic E-state index is 11.9. The van der Waals surface area contributed by atoms with Crippen LogP contribution < -0.4 is 5.66 Å². The van der Waals surface area contributed by atoms with Crippen molar-refractivity contribution >= 4 is 12.6 Å². The van der Waals surface area contributed by atoms with Crippen LogP contribution in [0.5, 0.6) is 0 Å². The summed E-state index contributed by atoms with van der Waals surface area (Å²) in [5.74, 6) is 0. The molecule has 0 bridgehead atoms. The molecule has 0 saturated carbocycles. The Kier molecular flexibility index (Phi) is 1.50. The molecule has 0 aliphatic carbocycles. The van der Waals surface area contributed by atoms with Crippen LogP contribution in [0, 0.1) is 6.92 Å². The van der Waals surface area contributed by atoms with Crippen LogP contribution in [0.1, 0.15) is 5.56 Å². The van der Waals surface area contributed by atoms with Crippen molar-refractivity contribution in [2.24, 2.45) is 0 Å². The average molecular weight is 149 g/mol. The molecule has 1 aromatic rings. The van der Waals surface area contributed by atoms with E-state index >= 15 is 0 Å². The normalized spacial score (nSPS) is 12.0. The van der Waals surface area contributed by atoms with Gasteiger partial charge in [0.05, 0.1) is 11.9 Å². The summed E-state index contributed by atoms with van der Waals surface area (Å²) in [5.41, 5.74) is -0.701. The molecule has 1 rings (SSSR count). The Morgan fingerprint density at radius 2 is 2.00 bits per heavy atom. The SMILES string of the molecule is Cc1ccoc1[B-](F)(F)F. The highest BCUT2D eigenvalue weighted by Crippen LogP contribution is 2.11. The van der Waals surface area contributed by atoms with Gasteiger partial charge in [-0.15, -0.1) is 0 Å². The van der Waals surface area contributed by atoms with Crippen LogP contribution in [-0.2, 0) is 0 Å². The van der Waals surface area contributed by atoms with Crippen LogP contribution in [0.3, 0.4) is 0 Å². The molecule has 1 nitrogen and oxygen atoms in total. The number of rotatable bonds is 1. The molecule has 0 spiro atoms. The maximum absolute atomic E-state index is 11.9. The van der Waals surface area contributed by atoms with Crippen LogP contribution >= 0.6 is 0 Å². The fourth-order valence-corrected chi connectivity index (χ4v) is 0.720. The molecule has 1 aromatic heterocycles. The van der Waals surface area contributed by atoms with Gasteiger partial charge in [-0.05, 0) is 18.6 Å². The van der Waals surface area contributed by atoms with E-state index in [4.69, 9.17) is 0 Å². The van der Waals surface area contributed by atoms with Crippen LogP contribution in [0.4, 0.5) is 12.9 Å². The molecule has 0 saturated heterocycles. The van der Waals surface area contributed by atoms with Gasteiger partial charge in [0, 0.05) is 0 Å². The molecule has 0 unspecified atom stereocenters. The fraction of sp³-hybridized carbons (Fsp3) is 0.200. The fourth-order valence-electron chi connectivity index (χ4n) is 0.720. The molecular weight excluding hydrogens is 144 g/mol. The quantitative estimate of drug-likeness (QED) is 0.553. The lowest BCUT2D eigenvalue weighted by molar-refractivity contribution is 0.464. The molecule has 0 aliphatic heterocycles. The van der Waals surface area contributed by atoms with Crippen molar-refractivity contribution in [3.05, 3.63) is 17.9 Å². The zero-order chi connectivity index (χ0) is 7.78. The van der Waals surface area contributed by atoms with E-state index < -0.39 is 12.6 Å². The molecule has 0 amide bonds. The van der Waals surface area contributed by atoms with Crippen molar-refractivity contribution in [1.82, 2.24) is 0 Å². The van der Waals surface area contributed by atoms with E-state index in [0.717, 1.165) is 6.26 Å². The number of hydrogen-bond donors (Lipinski definition) is 0. The van der Waals surface area contributed by atoms with Crippen molar-refractivity contribution in [2.45, 2.75) is 6.92 Å². The molecule has 56 valence electrons. The van der Waals surface area contributed by atoms with Gasteiger partial charge in [0.1, 0.15) is 0 Å². The Balaban J connectivity index is 3.05. The molecule has 0 aromatic carbocycles. The van der Waals surface area contributed by atoms with Crippen molar-refractivity contribution < 1.29 is 17.4 Å². The van der Waals surface area contributed by atoms with Gasteiger partial charge in [-0.3, -0.25) is 0 Å². The van der Waals surface area contributed by atoms with E-state index in [2.05, 4.69) is 4.42 Å². The van der Waals surface area contributed by atoms with Gasteiger partial charge in [0.2, 0.25) is 0 Å². The smallest absolute Gasteiger partial charge is 0.501 e. The van der Waals surface area contributed by atoms with Crippen molar-refractivity contribution in [2.75, 3.05) is 0 Å². The summed E-state index contributed by atoms with van der Waals surface area (Å²) in [4.78, 5) is 0. The summed E-state index contributed by atoms with van der Waals surface area (Å²) < 4.78 is 39.8. The van der Waals surface area contributed by atoms with Gasteiger partial charge in [-0.1, -0.05) is 0 Å². The second-order valence-corrected chi connectivity index (χ2v) is 2.04. The number of furan rings is 1. The first kappa shape index (κ1) is 7.24. The third kappa shape index (κ3) is 1.17. The second kappa shape index (κ2) is 2.07. The van der Waals surface area contributed by atoms with E-state index in [-0.39, 0.29) is 5.56 Å². The average Bonchev–Trinajstić information content (AvgIpc) is 2.11. The lowest BCUT2D eigenvalue weighted by Crippen LogP contribution is -2.34. The third-order valence-electron chi connectivity index (χ3n) is 1.20. The first-order chi connectivity index (χ1) is 4.52. The molecule has 5 heteroatoms. The van der Waals surface area contributed by atoms with Gasteiger partial charge in [0.25, 0.3) is 0 Å². The summed E-state index contributed by atoms with van der Waals surface area (Å²) in [6.45, 7) is -3.59. The van der Waals surface area contributed by atoms with Crippen molar-refractivity contribution in [1.29, 1.82) is 0 Å². The van der Waals surface area contributed by atoms with Crippen molar-refractivity contribution in [3.63, 3.8) is 0 Å². The van der Waals surface area contributed by atoms with Gasteiger partial charge >= 0.3 is 6.98 Å². The minimum absolute atomic E-state index is 0.146. The van der Waals surface area contributed by atoms with Gasteiger partial charge in [-0.2, -0.15) is 0 Å². The number of hydrogen-bond acceptors (Lipinski definition) is 1. The molecular formula is C5H5BF3O-. The van der Waals surface area contributed by atoms with E-state index in [1.807, 2.05) is 0 Å². The Morgan fingerprint density at radius 1 is 1.40 bits per heavy atom. The molecule has 0 atom stereocenters. The topological polar surface area (TPSA) is 13.1 Å². The monoisotopic (exact) mass is 149 g/mol. The van der Waals surface area contributed by atoms with E-state index in [1.54, 1.807) is 0 Å². The highest BCUT2D eigenvalue weighted by molar-refractivity contribution is 6.72. The highest BCUT2D eigenvalue weighted by Gasteiger charge is 2.30. The Morgan fingerprint density at radius 3 is 2.20 bits per heavy atom. The minimum Gasteiger partial charge on any atom is -0.501 e. The van der Waals surface area contributed by atoms with E-state index in [1.165, 1.54) is 13.0 Å². The summed E-state index contributed by atoms with van der Waals surface area (Å²) in [6, 6.07) is 1.30. The van der Waals surface area contributed by atoms with Crippen LogP contribution in [0.15, 0.2) is 16.7 Å². The number of halogens is 3. The highest BCUT2D eigenvalue weighted by atomic mass is 19.4. The van der Waals surface area contributed by atoms with E-state index in [0.29, 0.717) is 0 Å². The zero-order valence-corrected chi connectivity index (χ0v) is 5.27. The molecule has 0 radical (unpaired) electrons. The molecule has 0 aliphatic rings. The first-order valence-corrected chi connectivity index (χ1v) is 2.76. The zero-order valence-electron chi connectivity index (χ0n) is 5.27. The minimum atomic E-state index is -4.96. The van der Waals surface area contributed by atoms with Crippen LogP contribution in [0.2, 0.25) is 0 Å². The Bertz CT molecular complexity index is 227. The largest absolute Gasteiger partial charge is 0.544 e.